The third-order valence-electron chi connectivity index (χ3n) is 8.73. The van der Waals surface area contributed by atoms with Crippen LogP contribution in [-0.2, 0) is 14.9 Å². The molecule has 5 heteroatoms. The lowest BCUT2D eigenvalue weighted by Gasteiger charge is -2.45. The molecule has 1 saturated carbocycles. The Morgan fingerprint density at radius 1 is 0.610 bits per heavy atom. The maximum atomic E-state index is 6.40. The first kappa shape index (κ1) is 31.9. The van der Waals surface area contributed by atoms with Gasteiger partial charge in [-0.05, 0) is 84.7 Å². The van der Waals surface area contributed by atoms with Crippen molar-refractivity contribution in [2.75, 3.05) is 26.4 Å². The highest BCUT2D eigenvalue weighted by atomic mass is 35.5. The van der Waals surface area contributed by atoms with Crippen LogP contribution in [0.15, 0.2) is 98.1 Å². The number of halogens is 3. The SMILES string of the molecule is C=CCOCC(CCC(c1ccc(Cl)cc1)(c1ccc(Cl)cc1)c1ccc(Cl)cc1)(COCC=C)C1CCCCC1. The minimum atomic E-state index is -0.476. The average Bonchev–Trinajstić information content (AvgIpc) is 3.00. The van der Waals surface area contributed by atoms with Gasteiger partial charge in [-0.25, -0.2) is 0 Å². The Balaban J connectivity index is 1.87. The third kappa shape index (κ3) is 7.86. The van der Waals surface area contributed by atoms with Crippen molar-refractivity contribution >= 4 is 34.8 Å². The molecular formula is C36H41Cl3O2. The van der Waals surface area contributed by atoms with Gasteiger partial charge in [0.1, 0.15) is 0 Å². The fourth-order valence-electron chi connectivity index (χ4n) is 6.60. The first-order chi connectivity index (χ1) is 19.9. The van der Waals surface area contributed by atoms with Crippen molar-refractivity contribution < 1.29 is 9.47 Å². The summed E-state index contributed by atoms with van der Waals surface area (Å²) < 4.78 is 12.6. The van der Waals surface area contributed by atoms with Crippen LogP contribution in [0, 0.1) is 11.3 Å². The van der Waals surface area contributed by atoms with Gasteiger partial charge in [0.25, 0.3) is 0 Å². The van der Waals surface area contributed by atoms with Gasteiger partial charge in [0, 0.05) is 25.9 Å². The van der Waals surface area contributed by atoms with E-state index >= 15 is 0 Å². The first-order valence-corrected chi connectivity index (χ1v) is 15.7. The number of rotatable bonds is 15. The van der Waals surface area contributed by atoms with Crippen LogP contribution in [0.2, 0.25) is 15.1 Å². The lowest BCUT2D eigenvalue weighted by atomic mass is 9.61. The van der Waals surface area contributed by atoms with Gasteiger partial charge >= 0.3 is 0 Å². The topological polar surface area (TPSA) is 18.5 Å². The van der Waals surface area contributed by atoms with Crippen molar-refractivity contribution in [3.05, 3.63) is 130 Å². The molecule has 4 rings (SSSR count). The second-order valence-corrected chi connectivity index (χ2v) is 12.5. The molecule has 1 aliphatic rings. The number of hydrogen-bond donors (Lipinski definition) is 0. The van der Waals surface area contributed by atoms with Crippen molar-refractivity contribution in [1.82, 2.24) is 0 Å². The van der Waals surface area contributed by atoms with Gasteiger partial charge in [-0.15, -0.1) is 13.2 Å². The van der Waals surface area contributed by atoms with Gasteiger partial charge in [-0.1, -0.05) is 103 Å². The lowest BCUT2D eigenvalue weighted by molar-refractivity contribution is -0.0623. The number of ether oxygens (including phenoxy) is 2. The Hall–Kier alpha value is -2.07. The number of benzene rings is 3. The summed E-state index contributed by atoms with van der Waals surface area (Å²) in [6, 6.07) is 24.8. The summed E-state index contributed by atoms with van der Waals surface area (Å²) in [7, 11) is 0. The Bertz CT molecular complexity index is 1100. The molecule has 0 heterocycles. The van der Waals surface area contributed by atoms with E-state index in [-0.39, 0.29) is 5.41 Å². The highest BCUT2D eigenvalue weighted by molar-refractivity contribution is 6.31. The molecule has 2 nitrogen and oxygen atoms in total. The minimum absolute atomic E-state index is 0.164. The van der Waals surface area contributed by atoms with Gasteiger partial charge in [0.05, 0.1) is 26.4 Å². The summed E-state index contributed by atoms with van der Waals surface area (Å²) in [5.41, 5.74) is 2.87. The van der Waals surface area contributed by atoms with Crippen LogP contribution in [0.25, 0.3) is 0 Å². The summed E-state index contributed by atoms with van der Waals surface area (Å²) in [6.07, 6.45) is 11.5. The Kier molecular flexibility index (Phi) is 12.0. The van der Waals surface area contributed by atoms with Crippen LogP contribution in [-0.4, -0.2) is 26.4 Å². The smallest absolute Gasteiger partial charge is 0.0645 e. The molecule has 0 unspecified atom stereocenters. The highest BCUT2D eigenvalue weighted by Crippen LogP contribution is 2.50. The van der Waals surface area contributed by atoms with E-state index in [0.717, 1.165) is 12.8 Å². The predicted octanol–water partition coefficient (Wildman–Crippen LogP) is 10.7. The van der Waals surface area contributed by atoms with E-state index in [1.54, 1.807) is 0 Å². The van der Waals surface area contributed by atoms with E-state index < -0.39 is 5.41 Å². The summed E-state index contributed by atoms with van der Waals surface area (Å²) in [6.45, 7) is 10.1. The van der Waals surface area contributed by atoms with E-state index in [9.17, 15) is 0 Å². The van der Waals surface area contributed by atoms with E-state index in [2.05, 4.69) is 49.6 Å². The van der Waals surface area contributed by atoms with Crippen LogP contribution in [0.1, 0.15) is 61.6 Å². The molecule has 218 valence electrons. The molecule has 0 N–H and O–H groups in total. The van der Waals surface area contributed by atoms with E-state index in [1.807, 2.05) is 48.6 Å². The molecule has 1 fully saturated rings. The summed E-state index contributed by atoms with van der Waals surface area (Å²) >= 11 is 19.2. The second kappa shape index (κ2) is 15.4. The monoisotopic (exact) mass is 610 g/mol. The molecular weight excluding hydrogens is 571 g/mol. The number of hydrogen-bond acceptors (Lipinski definition) is 2. The normalized spacial score (nSPS) is 14.6. The van der Waals surface area contributed by atoms with Crippen LogP contribution in [0.4, 0.5) is 0 Å². The molecule has 0 atom stereocenters. The maximum Gasteiger partial charge on any atom is 0.0645 e. The average molecular weight is 612 g/mol. The van der Waals surface area contributed by atoms with Gasteiger partial charge in [-0.3, -0.25) is 0 Å². The Morgan fingerprint density at radius 2 is 1.00 bits per heavy atom. The minimum Gasteiger partial charge on any atom is -0.377 e. The molecule has 0 radical (unpaired) electrons. The maximum absolute atomic E-state index is 6.40. The second-order valence-electron chi connectivity index (χ2n) is 11.2. The molecule has 0 bridgehead atoms. The quantitative estimate of drug-likeness (QED) is 0.0967. The molecule has 3 aromatic carbocycles. The zero-order valence-corrected chi connectivity index (χ0v) is 26.1. The van der Waals surface area contributed by atoms with Crippen LogP contribution in [0.5, 0.6) is 0 Å². The van der Waals surface area contributed by atoms with Crippen molar-refractivity contribution in [3.63, 3.8) is 0 Å². The molecule has 0 aromatic heterocycles. The van der Waals surface area contributed by atoms with E-state index in [1.165, 1.54) is 48.8 Å². The summed E-state index contributed by atoms with van der Waals surface area (Å²) in [4.78, 5) is 0. The van der Waals surface area contributed by atoms with Crippen LogP contribution < -0.4 is 0 Å². The van der Waals surface area contributed by atoms with Gasteiger partial charge in [0.15, 0.2) is 0 Å². The molecule has 0 amide bonds. The Labute approximate surface area is 261 Å². The van der Waals surface area contributed by atoms with Crippen molar-refractivity contribution in [2.45, 2.75) is 50.4 Å². The fourth-order valence-corrected chi connectivity index (χ4v) is 6.98. The zero-order valence-electron chi connectivity index (χ0n) is 23.8. The van der Waals surface area contributed by atoms with Gasteiger partial charge < -0.3 is 9.47 Å². The van der Waals surface area contributed by atoms with Crippen molar-refractivity contribution in [2.24, 2.45) is 11.3 Å². The zero-order chi connectivity index (χ0) is 29.1. The van der Waals surface area contributed by atoms with Gasteiger partial charge in [0.2, 0.25) is 0 Å². The summed E-state index contributed by atoms with van der Waals surface area (Å²) in [5, 5.41) is 2.13. The standard InChI is InChI=1S/C36H41Cl3O2/c1-3-24-40-26-35(27-41-25-4-2,28-8-6-5-7-9-28)22-23-36(29-10-16-32(37)17-11-29,30-12-18-33(38)19-13-30)31-14-20-34(39)21-15-31/h3-4,10-21,28H,1-2,5-9,22-27H2. The predicted molar refractivity (Wildman–Crippen MR) is 175 cm³/mol. The van der Waals surface area contributed by atoms with E-state index in [0.29, 0.717) is 47.4 Å². The first-order valence-electron chi connectivity index (χ1n) is 14.6. The molecule has 1 aliphatic carbocycles. The van der Waals surface area contributed by atoms with E-state index in [4.69, 9.17) is 44.3 Å². The lowest BCUT2D eigenvalue weighted by Crippen LogP contribution is -2.43. The molecule has 0 aliphatic heterocycles. The third-order valence-corrected chi connectivity index (χ3v) is 9.49. The fraction of sp³-hybridized carbons (Fsp3) is 0.389. The highest BCUT2D eigenvalue weighted by Gasteiger charge is 2.44. The van der Waals surface area contributed by atoms with Crippen LogP contribution >= 0.6 is 34.8 Å². The molecule has 0 saturated heterocycles. The van der Waals surface area contributed by atoms with Crippen molar-refractivity contribution in [1.29, 1.82) is 0 Å². The summed E-state index contributed by atoms with van der Waals surface area (Å²) in [5.74, 6) is 0.504. The molecule has 3 aromatic rings. The largest absolute Gasteiger partial charge is 0.377 e. The Morgan fingerprint density at radius 3 is 1.37 bits per heavy atom. The van der Waals surface area contributed by atoms with Gasteiger partial charge in [-0.2, -0.15) is 0 Å². The van der Waals surface area contributed by atoms with Crippen LogP contribution in [0.3, 0.4) is 0 Å². The van der Waals surface area contributed by atoms with Crippen molar-refractivity contribution in [3.8, 4) is 0 Å². The molecule has 41 heavy (non-hydrogen) atoms. The molecule has 0 spiro atoms.